The zero-order valence-electron chi connectivity index (χ0n) is 31.1. The quantitative estimate of drug-likeness (QED) is 0.0959. The third kappa shape index (κ3) is 12.9. The van der Waals surface area contributed by atoms with Gasteiger partial charge in [-0.25, -0.2) is 18.1 Å². The first-order valence-electron chi connectivity index (χ1n) is 17.4. The number of rotatable bonds is 16. The Morgan fingerprint density at radius 1 is 0.796 bits per heavy atom. The molecule has 3 fully saturated rings. The molecule has 300 valence electrons. The molecule has 1 atom stereocenters. The van der Waals surface area contributed by atoms with E-state index in [0.717, 1.165) is 12.1 Å². The molecule has 54 heavy (non-hydrogen) atoms. The van der Waals surface area contributed by atoms with Crippen LogP contribution in [0.2, 0.25) is 10.0 Å². The summed E-state index contributed by atoms with van der Waals surface area (Å²) in [6.45, 7) is 9.08. The molecule has 5 rings (SSSR count). The summed E-state index contributed by atoms with van der Waals surface area (Å²) in [7, 11) is -3.97. The van der Waals surface area contributed by atoms with Crippen LogP contribution in [0, 0.1) is 11.6 Å². The molecule has 0 unspecified atom stereocenters. The fraction of sp³-hybridized carbons (Fsp3) is 0.583. The fourth-order valence-corrected chi connectivity index (χ4v) is 8.22. The van der Waals surface area contributed by atoms with Crippen molar-refractivity contribution in [3.63, 3.8) is 0 Å². The van der Waals surface area contributed by atoms with E-state index in [2.05, 4.69) is 10.6 Å². The second-order valence-electron chi connectivity index (χ2n) is 15.2. The summed E-state index contributed by atoms with van der Waals surface area (Å²) in [4.78, 5) is 39.2. The Morgan fingerprint density at radius 2 is 1.30 bits per heavy atom. The normalized spacial score (nSPS) is 21.3. The molecule has 2 amide bonds. The number of benzene rings is 2. The van der Waals surface area contributed by atoms with Crippen LogP contribution in [0.5, 0.6) is 11.5 Å². The summed E-state index contributed by atoms with van der Waals surface area (Å²) in [6.07, 6.45) is -0.313. The lowest BCUT2D eigenvalue weighted by atomic mass is 9.59. The lowest BCUT2D eigenvalue weighted by Crippen LogP contribution is -2.71. The third-order valence-electron chi connectivity index (χ3n) is 8.37. The van der Waals surface area contributed by atoms with Gasteiger partial charge in [-0.1, -0.05) is 23.2 Å². The van der Waals surface area contributed by atoms with Gasteiger partial charge in [-0.05, 0) is 91.5 Å². The van der Waals surface area contributed by atoms with Crippen molar-refractivity contribution in [3.8, 4) is 11.5 Å². The molecule has 0 heterocycles. The van der Waals surface area contributed by atoms with Crippen LogP contribution in [0.1, 0.15) is 80.1 Å². The van der Waals surface area contributed by atoms with E-state index in [1.165, 1.54) is 24.3 Å². The molecule has 3 aliphatic carbocycles. The summed E-state index contributed by atoms with van der Waals surface area (Å²) in [5.74, 6) is -2.24. The van der Waals surface area contributed by atoms with E-state index >= 15 is 0 Å². The predicted octanol–water partition coefficient (Wildman–Crippen LogP) is 8.08. The molecule has 0 aliphatic heterocycles. The van der Waals surface area contributed by atoms with Crippen LogP contribution in [0.15, 0.2) is 36.4 Å². The van der Waals surface area contributed by atoms with Gasteiger partial charge in [-0.3, -0.25) is 23.2 Å². The highest BCUT2D eigenvalue weighted by atomic mass is 35.5. The number of hydrogen-bond acceptors (Lipinski definition) is 11. The van der Waals surface area contributed by atoms with E-state index in [1.54, 1.807) is 41.5 Å². The van der Waals surface area contributed by atoms with Crippen molar-refractivity contribution in [2.75, 3.05) is 26.4 Å². The number of carbonyl (C=O) groups is 3. The Labute approximate surface area is 323 Å². The van der Waals surface area contributed by atoms with Gasteiger partial charge in [0.25, 0.3) is 11.8 Å². The molecule has 18 heteroatoms. The van der Waals surface area contributed by atoms with Crippen LogP contribution in [0.3, 0.4) is 0 Å². The van der Waals surface area contributed by atoms with Gasteiger partial charge in [-0.2, -0.15) is 0 Å². The summed E-state index contributed by atoms with van der Waals surface area (Å²) in [6, 6.07) is 7.59. The summed E-state index contributed by atoms with van der Waals surface area (Å²) in [5.41, 5.74) is -3.52. The maximum absolute atomic E-state index is 13.9. The van der Waals surface area contributed by atoms with Crippen LogP contribution in [0.4, 0.5) is 13.6 Å². The molecule has 0 saturated heterocycles. The minimum absolute atomic E-state index is 0.0868. The lowest BCUT2D eigenvalue weighted by Gasteiger charge is -2.56. The summed E-state index contributed by atoms with van der Waals surface area (Å²) < 4.78 is 79.8. The molecule has 13 nitrogen and oxygen atoms in total. The second kappa shape index (κ2) is 17.7. The van der Waals surface area contributed by atoms with Gasteiger partial charge in [0, 0.05) is 30.5 Å². The van der Waals surface area contributed by atoms with Crippen molar-refractivity contribution in [2.45, 2.75) is 108 Å². The van der Waals surface area contributed by atoms with Crippen LogP contribution >= 0.6 is 31.0 Å². The van der Waals surface area contributed by atoms with E-state index in [-0.39, 0.29) is 47.6 Å². The SMILES string of the molecule is CC(C)(C)OP(=O)(OCCCOC(=O)O[C@@H]1CC2(NC(=O)COc3ccc(Cl)c(F)c3)CCC1(NC(=O)COc1ccc(Cl)c(F)c1)CC2)OC(C)(C)C. The first-order chi connectivity index (χ1) is 25.1. The minimum atomic E-state index is -3.97. The highest BCUT2D eigenvalue weighted by Crippen LogP contribution is 2.55. The number of fused-ring (bicyclic) bond motifs is 3. The monoisotopic (exact) mass is 822 g/mol. The summed E-state index contributed by atoms with van der Waals surface area (Å²) in [5, 5.41) is 5.75. The molecule has 3 saturated carbocycles. The van der Waals surface area contributed by atoms with Gasteiger partial charge in [0.2, 0.25) is 0 Å². The topological polar surface area (TPSA) is 157 Å². The van der Waals surface area contributed by atoms with Crippen LogP contribution in [0.25, 0.3) is 0 Å². The third-order valence-corrected chi connectivity index (χ3v) is 11.0. The first-order valence-corrected chi connectivity index (χ1v) is 19.6. The van der Waals surface area contributed by atoms with E-state index < -0.39 is 79.0 Å². The van der Waals surface area contributed by atoms with E-state index in [9.17, 15) is 27.7 Å². The zero-order chi connectivity index (χ0) is 40.0. The maximum Gasteiger partial charge on any atom is 0.508 e. The number of hydrogen-bond donors (Lipinski definition) is 2. The van der Waals surface area contributed by atoms with Crippen LogP contribution in [-0.2, 0) is 37.2 Å². The zero-order valence-corrected chi connectivity index (χ0v) is 33.5. The van der Waals surface area contributed by atoms with Gasteiger partial charge < -0.3 is 29.6 Å². The number of nitrogens with one attached hydrogen (secondary N) is 2. The summed E-state index contributed by atoms with van der Waals surface area (Å²) >= 11 is 11.5. The molecule has 3 aliphatic rings. The Hall–Kier alpha value is -3.20. The number of halogens is 4. The van der Waals surface area contributed by atoms with Gasteiger partial charge in [0.1, 0.15) is 29.2 Å². The number of amides is 2. The van der Waals surface area contributed by atoms with E-state index in [1.807, 2.05) is 0 Å². The second-order valence-corrected chi connectivity index (χ2v) is 17.5. The molecular weight excluding hydrogens is 776 g/mol. The van der Waals surface area contributed by atoms with Gasteiger partial charge in [0.15, 0.2) is 13.2 Å². The largest absolute Gasteiger partial charge is 0.508 e. The van der Waals surface area contributed by atoms with Crippen molar-refractivity contribution < 1.29 is 60.2 Å². The molecule has 0 radical (unpaired) electrons. The maximum atomic E-state index is 13.9. The first kappa shape index (κ1) is 43.5. The average Bonchev–Trinajstić information content (AvgIpc) is 3.04. The molecule has 0 aromatic heterocycles. The standard InChI is InChI=1S/C36H47Cl2F2N2O11P/c1-33(2,3)52-54(46,53-34(4,5)6)50-17-7-16-47-32(45)51-29-20-35(41-30(43)21-48-23-8-10-25(37)27(39)18-23)12-14-36(29,15-13-35)42-31(44)22-49-24-9-11-26(38)28(40)19-24/h8-11,18-19,29H,7,12-17,20-22H2,1-6H3,(H,41,43)(H,42,44)/t29-,35?,36?/m1/s1. The molecule has 2 N–H and O–H groups in total. The highest BCUT2D eigenvalue weighted by molar-refractivity contribution is 7.48. The molecule has 0 spiro atoms. The Kier molecular flexibility index (Phi) is 14.3. The lowest BCUT2D eigenvalue weighted by molar-refractivity contribution is -0.139. The van der Waals surface area contributed by atoms with Crippen molar-refractivity contribution in [1.82, 2.24) is 10.6 Å². The smallest absolute Gasteiger partial charge is 0.484 e. The average molecular weight is 824 g/mol. The Balaban J connectivity index is 1.38. The fourth-order valence-electron chi connectivity index (χ4n) is 6.15. The van der Waals surface area contributed by atoms with Crippen molar-refractivity contribution in [3.05, 3.63) is 58.1 Å². The minimum Gasteiger partial charge on any atom is -0.484 e. The highest BCUT2D eigenvalue weighted by Gasteiger charge is 2.57. The number of carbonyl (C=O) groups excluding carboxylic acids is 3. The predicted molar refractivity (Wildman–Crippen MR) is 195 cm³/mol. The van der Waals surface area contributed by atoms with Gasteiger partial charge in [-0.15, -0.1) is 0 Å². The van der Waals surface area contributed by atoms with E-state index in [0.29, 0.717) is 25.7 Å². The number of ether oxygens (including phenoxy) is 4. The van der Waals surface area contributed by atoms with Crippen molar-refractivity contribution in [1.29, 1.82) is 0 Å². The van der Waals surface area contributed by atoms with Gasteiger partial charge in [0.05, 0.1) is 40.0 Å². The van der Waals surface area contributed by atoms with Crippen molar-refractivity contribution >= 4 is 49.0 Å². The van der Waals surface area contributed by atoms with Gasteiger partial charge >= 0.3 is 14.0 Å². The molecule has 2 aromatic carbocycles. The Morgan fingerprint density at radius 3 is 1.78 bits per heavy atom. The molecule has 2 aromatic rings. The molecule has 2 bridgehead atoms. The van der Waals surface area contributed by atoms with Crippen LogP contribution in [-0.4, -0.2) is 72.8 Å². The Bertz CT molecular complexity index is 1690. The van der Waals surface area contributed by atoms with E-state index in [4.69, 9.17) is 55.7 Å². The van der Waals surface area contributed by atoms with Crippen molar-refractivity contribution in [2.24, 2.45) is 0 Å². The number of phosphoric acid groups is 1. The number of phosphoric ester groups is 1. The van der Waals surface area contributed by atoms with Crippen LogP contribution < -0.4 is 20.1 Å². The molecular formula is C36H47Cl2F2N2O11P.